The van der Waals surface area contributed by atoms with E-state index in [2.05, 4.69) is 10.3 Å². The van der Waals surface area contributed by atoms with E-state index in [0.29, 0.717) is 12.2 Å². The Morgan fingerprint density at radius 1 is 1.89 bits per heavy atom. The van der Waals surface area contributed by atoms with Crippen LogP contribution in [0.1, 0.15) is 6.92 Å². The highest BCUT2D eigenvalue weighted by molar-refractivity contribution is 5.93. The van der Waals surface area contributed by atoms with Gasteiger partial charge in [0.15, 0.2) is 5.78 Å². The maximum Gasteiger partial charge on any atom is 0.177 e. The summed E-state index contributed by atoms with van der Waals surface area (Å²) in [6.07, 6.45) is 3.25. The number of carbonyl (C=O) groups is 1. The fourth-order valence-corrected chi connectivity index (χ4v) is 0.597. The van der Waals surface area contributed by atoms with Crippen LogP contribution in [0.25, 0.3) is 0 Å². The molecule has 0 amide bonds. The summed E-state index contributed by atoms with van der Waals surface area (Å²) in [5.74, 6) is 0.0341. The minimum atomic E-state index is 0.0341. The number of rotatable bonds is 1. The van der Waals surface area contributed by atoms with Crippen molar-refractivity contribution in [3.63, 3.8) is 0 Å². The molecular weight excluding hydrogens is 116 g/mol. The van der Waals surface area contributed by atoms with Gasteiger partial charge < -0.3 is 5.32 Å². The molecule has 0 aromatic rings. The Morgan fingerprint density at radius 2 is 2.67 bits per heavy atom. The molecule has 1 aliphatic heterocycles. The lowest BCUT2D eigenvalue weighted by atomic mass is 10.3. The van der Waals surface area contributed by atoms with Gasteiger partial charge in [0.25, 0.3) is 0 Å². The molecule has 1 rings (SSSR count). The van der Waals surface area contributed by atoms with Gasteiger partial charge in [-0.15, -0.1) is 0 Å². The monoisotopic (exact) mass is 124 g/mol. The van der Waals surface area contributed by atoms with E-state index < -0.39 is 0 Å². The van der Waals surface area contributed by atoms with Crippen molar-refractivity contribution in [1.82, 2.24) is 5.32 Å². The van der Waals surface area contributed by atoms with Gasteiger partial charge in [0.1, 0.15) is 0 Å². The fraction of sp³-hybridized carbons (Fsp3) is 0.333. The summed E-state index contributed by atoms with van der Waals surface area (Å²) in [6, 6.07) is 0. The molecule has 3 nitrogen and oxygen atoms in total. The van der Waals surface area contributed by atoms with Gasteiger partial charge in [0.2, 0.25) is 0 Å². The average Bonchev–Trinajstić information content (AvgIpc) is 1.90. The normalized spacial score (nSPS) is 16.3. The van der Waals surface area contributed by atoms with Crippen molar-refractivity contribution >= 4 is 12.0 Å². The lowest BCUT2D eigenvalue weighted by Gasteiger charge is -2.05. The highest BCUT2D eigenvalue weighted by Gasteiger charge is 2.02. The van der Waals surface area contributed by atoms with Crippen LogP contribution in [0.2, 0.25) is 0 Å². The Hall–Kier alpha value is -1.12. The van der Waals surface area contributed by atoms with Gasteiger partial charge in [-0.3, -0.25) is 9.79 Å². The van der Waals surface area contributed by atoms with Gasteiger partial charge >= 0.3 is 0 Å². The second-order valence-corrected chi connectivity index (χ2v) is 1.81. The lowest BCUT2D eigenvalue weighted by molar-refractivity contribution is -0.113. The van der Waals surface area contributed by atoms with Gasteiger partial charge in [-0.1, -0.05) is 0 Å². The van der Waals surface area contributed by atoms with Gasteiger partial charge in [-0.2, -0.15) is 0 Å². The minimum Gasteiger partial charge on any atom is -0.376 e. The second kappa shape index (κ2) is 2.44. The smallest absolute Gasteiger partial charge is 0.177 e. The number of aliphatic imine (C=N–C) groups is 1. The molecule has 0 aliphatic carbocycles. The zero-order chi connectivity index (χ0) is 6.69. The first-order chi connectivity index (χ1) is 4.30. The number of carbonyl (C=O) groups excluding carboxylic acids is 1. The van der Waals surface area contributed by atoms with Crippen molar-refractivity contribution in [2.45, 2.75) is 6.92 Å². The quantitative estimate of drug-likeness (QED) is 0.538. The predicted octanol–water partition coefficient (Wildman–Crippen LogP) is 0.0908. The summed E-state index contributed by atoms with van der Waals surface area (Å²) in [5, 5.41) is 2.88. The molecular formula is C6H8N2O. The molecule has 0 aromatic carbocycles. The van der Waals surface area contributed by atoms with Crippen LogP contribution < -0.4 is 5.32 Å². The van der Waals surface area contributed by atoms with E-state index in [9.17, 15) is 4.79 Å². The summed E-state index contributed by atoms with van der Waals surface area (Å²) < 4.78 is 0. The summed E-state index contributed by atoms with van der Waals surface area (Å²) in [5.41, 5.74) is 0.595. The van der Waals surface area contributed by atoms with E-state index in [-0.39, 0.29) is 5.78 Å². The van der Waals surface area contributed by atoms with Crippen molar-refractivity contribution in [1.29, 1.82) is 0 Å². The third-order valence-electron chi connectivity index (χ3n) is 1.07. The van der Waals surface area contributed by atoms with E-state index in [1.54, 1.807) is 6.21 Å². The highest BCUT2D eigenvalue weighted by atomic mass is 16.1. The van der Waals surface area contributed by atoms with Crippen LogP contribution in [-0.2, 0) is 4.79 Å². The molecule has 1 heterocycles. The van der Waals surface area contributed by atoms with Crippen LogP contribution >= 0.6 is 0 Å². The predicted molar refractivity (Wildman–Crippen MR) is 35.3 cm³/mol. The fourth-order valence-electron chi connectivity index (χ4n) is 0.597. The Kier molecular flexibility index (Phi) is 1.63. The Balaban J connectivity index is 2.68. The number of ketones is 1. The van der Waals surface area contributed by atoms with Crippen LogP contribution in [0, 0.1) is 0 Å². The van der Waals surface area contributed by atoms with Crippen molar-refractivity contribution in [3.05, 3.63) is 11.9 Å². The number of Topliss-reactive ketones (excluding diaryl/α,β-unsaturated/α-hetero) is 1. The molecule has 0 atom stereocenters. The average molecular weight is 124 g/mol. The van der Waals surface area contributed by atoms with Gasteiger partial charge in [-0.25, -0.2) is 0 Å². The molecule has 48 valence electrons. The van der Waals surface area contributed by atoms with Gasteiger partial charge in [-0.05, 0) is 0 Å². The SMILES string of the molecule is CC(=O)C1=CN=CCN1. The zero-order valence-corrected chi connectivity index (χ0v) is 5.22. The summed E-state index contributed by atoms with van der Waals surface area (Å²) in [7, 11) is 0. The Bertz CT molecular complexity index is 181. The van der Waals surface area contributed by atoms with Crippen molar-refractivity contribution in [2.75, 3.05) is 6.54 Å². The second-order valence-electron chi connectivity index (χ2n) is 1.81. The van der Waals surface area contributed by atoms with Gasteiger partial charge in [0.05, 0.1) is 18.4 Å². The first-order valence-corrected chi connectivity index (χ1v) is 2.77. The zero-order valence-electron chi connectivity index (χ0n) is 5.22. The van der Waals surface area contributed by atoms with Crippen molar-refractivity contribution in [3.8, 4) is 0 Å². The maximum absolute atomic E-state index is 10.6. The summed E-state index contributed by atoms with van der Waals surface area (Å²) >= 11 is 0. The number of hydrogen-bond donors (Lipinski definition) is 1. The van der Waals surface area contributed by atoms with Crippen molar-refractivity contribution in [2.24, 2.45) is 4.99 Å². The molecule has 0 radical (unpaired) electrons. The molecule has 0 unspecified atom stereocenters. The molecule has 9 heavy (non-hydrogen) atoms. The Labute approximate surface area is 53.5 Å². The summed E-state index contributed by atoms with van der Waals surface area (Å²) in [4.78, 5) is 14.4. The van der Waals surface area contributed by atoms with Crippen LogP contribution in [-0.4, -0.2) is 18.5 Å². The van der Waals surface area contributed by atoms with Crippen molar-refractivity contribution < 1.29 is 4.79 Å². The van der Waals surface area contributed by atoms with Gasteiger partial charge in [0, 0.05) is 13.1 Å². The van der Waals surface area contributed by atoms with E-state index in [4.69, 9.17) is 0 Å². The topological polar surface area (TPSA) is 41.5 Å². The molecule has 0 fully saturated rings. The van der Waals surface area contributed by atoms with Crippen LogP contribution in [0.15, 0.2) is 16.9 Å². The highest BCUT2D eigenvalue weighted by Crippen LogP contribution is 1.93. The van der Waals surface area contributed by atoms with Crippen LogP contribution in [0.5, 0.6) is 0 Å². The molecule has 0 spiro atoms. The van der Waals surface area contributed by atoms with Crippen LogP contribution in [0.4, 0.5) is 0 Å². The summed E-state index contributed by atoms with van der Waals surface area (Å²) in [6.45, 7) is 2.17. The number of nitrogens with one attached hydrogen (secondary N) is 1. The standard InChI is InChI=1S/C6H8N2O/c1-5(9)6-4-7-2-3-8-6/h2,4,8H,3H2,1H3. The lowest BCUT2D eigenvalue weighted by Crippen LogP contribution is -2.22. The third kappa shape index (κ3) is 1.38. The van der Waals surface area contributed by atoms with E-state index in [1.807, 2.05) is 0 Å². The first kappa shape index (κ1) is 6.01. The number of nitrogens with zero attached hydrogens (tertiary/aromatic N) is 1. The molecule has 1 N–H and O–H groups in total. The first-order valence-electron chi connectivity index (χ1n) is 2.77. The molecule has 0 bridgehead atoms. The van der Waals surface area contributed by atoms with E-state index in [0.717, 1.165) is 0 Å². The number of hydrogen-bond acceptors (Lipinski definition) is 3. The Morgan fingerprint density at radius 3 is 3.00 bits per heavy atom. The molecule has 1 aliphatic rings. The molecule has 0 saturated heterocycles. The van der Waals surface area contributed by atoms with E-state index >= 15 is 0 Å². The maximum atomic E-state index is 10.6. The minimum absolute atomic E-state index is 0.0341. The largest absolute Gasteiger partial charge is 0.376 e. The molecule has 0 aromatic heterocycles. The number of allylic oxidation sites excluding steroid dienone is 1. The third-order valence-corrected chi connectivity index (χ3v) is 1.07. The molecule has 0 saturated carbocycles. The van der Waals surface area contributed by atoms with E-state index in [1.165, 1.54) is 13.1 Å². The molecule has 3 heteroatoms. The van der Waals surface area contributed by atoms with Crippen LogP contribution in [0.3, 0.4) is 0 Å².